The molecule has 0 radical (unpaired) electrons. The number of aryl methyl sites for hydroxylation is 1. The summed E-state index contributed by atoms with van der Waals surface area (Å²) in [4.78, 5) is 17.4. The molecule has 0 aliphatic carbocycles. The highest BCUT2D eigenvalue weighted by Gasteiger charge is 2.18. The van der Waals surface area contributed by atoms with Crippen molar-refractivity contribution >= 4 is 50.9 Å². The van der Waals surface area contributed by atoms with E-state index in [9.17, 15) is 4.79 Å². The van der Waals surface area contributed by atoms with E-state index in [2.05, 4.69) is 4.99 Å². The van der Waals surface area contributed by atoms with Crippen LogP contribution in [0.1, 0.15) is 20.8 Å². The van der Waals surface area contributed by atoms with E-state index in [-0.39, 0.29) is 0 Å². The highest BCUT2D eigenvalue weighted by Crippen LogP contribution is 2.35. The lowest BCUT2D eigenvalue weighted by molar-refractivity contribution is 0.0740. The summed E-state index contributed by atoms with van der Waals surface area (Å²) >= 11 is 7.68. The summed E-state index contributed by atoms with van der Waals surface area (Å²) in [6.45, 7) is 2.04. The van der Waals surface area contributed by atoms with Crippen molar-refractivity contribution in [3.8, 4) is 5.75 Å². The summed E-state index contributed by atoms with van der Waals surface area (Å²) in [7, 11) is 0. The van der Waals surface area contributed by atoms with E-state index in [4.69, 9.17) is 16.3 Å². The van der Waals surface area contributed by atoms with Gasteiger partial charge in [-0.3, -0.25) is 4.99 Å². The molecular formula is C23H16ClNO2S. The second-order valence-corrected chi connectivity index (χ2v) is 7.72. The molecule has 3 nitrogen and oxygen atoms in total. The number of carbonyl (C=O) groups is 1. The summed E-state index contributed by atoms with van der Waals surface area (Å²) < 4.78 is 6.44. The Morgan fingerprint density at radius 1 is 1.00 bits per heavy atom. The van der Waals surface area contributed by atoms with Crippen LogP contribution in [-0.4, -0.2) is 12.2 Å². The van der Waals surface area contributed by atoms with Crippen molar-refractivity contribution in [2.24, 2.45) is 4.99 Å². The zero-order valence-electron chi connectivity index (χ0n) is 15.1. The molecule has 0 unspecified atom stereocenters. The first kappa shape index (κ1) is 18.4. The third kappa shape index (κ3) is 3.98. The van der Waals surface area contributed by atoms with Gasteiger partial charge in [0, 0.05) is 16.3 Å². The molecule has 0 N–H and O–H groups in total. The smallest absolute Gasteiger partial charge is 0.355 e. The Balaban J connectivity index is 1.47. The van der Waals surface area contributed by atoms with Crippen molar-refractivity contribution in [2.45, 2.75) is 6.92 Å². The molecule has 0 aliphatic heterocycles. The van der Waals surface area contributed by atoms with Gasteiger partial charge in [0.2, 0.25) is 0 Å². The standard InChI is InChI=1S/C23H16ClNO2S/c1-15-6-10-17(11-7-15)25-14-16-8-12-18(13-9-16)27-23(26)22-21(24)19-4-2-3-5-20(19)28-22/h2-14H,1H3. The van der Waals surface area contributed by atoms with Crippen LogP contribution in [-0.2, 0) is 0 Å². The minimum Gasteiger partial charge on any atom is -0.422 e. The number of benzene rings is 3. The molecule has 138 valence electrons. The number of esters is 1. The van der Waals surface area contributed by atoms with E-state index < -0.39 is 5.97 Å². The highest BCUT2D eigenvalue weighted by molar-refractivity contribution is 7.21. The lowest BCUT2D eigenvalue weighted by atomic mass is 10.2. The molecule has 0 spiro atoms. The summed E-state index contributed by atoms with van der Waals surface area (Å²) in [5.74, 6) is 0.0123. The summed E-state index contributed by atoms with van der Waals surface area (Å²) in [5, 5.41) is 1.30. The third-order valence-electron chi connectivity index (χ3n) is 4.21. The van der Waals surface area contributed by atoms with Crippen LogP contribution < -0.4 is 4.74 Å². The molecule has 1 aromatic heterocycles. The maximum absolute atomic E-state index is 12.5. The fraction of sp³-hybridized carbons (Fsp3) is 0.0435. The second-order valence-electron chi connectivity index (χ2n) is 6.29. The quantitative estimate of drug-likeness (QED) is 0.212. The van der Waals surface area contributed by atoms with Gasteiger partial charge >= 0.3 is 5.97 Å². The lowest BCUT2D eigenvalue weighted by Gasteiger charge is -2.03. The first-order valence-corrected chi connectivity index (χ1v) is 9.89. The Kier molecular flexibility index (Phi) is 5.24. The average Bonchev–Trinajstić information content (AvgIpc) is 3.06. The summed E-state index contributed by atoms with van der Waals surface area (Å²) in [6.07, 6.45) is 1.78. The first-order chi connectivity index (χ1) is 13.6. The predicted molar refractivity (Wildman–Crippen MR) is 117 cm³/mol. The molecule has 1 heterocycles. The van der Waals surface area contributed by atoms with Gasteiger partial charge in [-0.1, -0.05) is 47.5 Å². The SMILES string of the molecule is Cc1ccc(N=Cc2ccc(OC(=O)c3sc4ccccc4c3Cl)cc2)cc1. The number of nitrogens with zero attached hydrogens (tertiary/aromatic N) is 1. The number of rotatable bonds is 4. The van der Waals surface area contributed by atoms with Crippen LogP contribution in [0.3, 0.4) is 0 Å². The van der Waals surface area contributed by atoms with E-state index in [0.717, 1.165) is 21.3 Å². The van der Waals surface area contributed by atoms with Crippen LogP contribution >= 0.6 is 22.9 Å². The predicted octanol–water partition coefficient (Wildman–Crippen LogP) is 6.83. The zero-order chi connectivity index (χ0) is 19.5. The van der Waals surface area contributed by atoms with Gasteiger partial charge in [0.1, 0.15) is 10.6 Å². The number of carbonyl (C=O) groups excluding carboxylic acids is 1. The molecule has 0 aliphatic rings. The van der Waals surface area contributed by atoms with Crippen molar-refractivity contribution < 1.29 is 9.53 Å². The normalized spacial score (nSPS) is 11.2. The third-order valence-corrected chi connectivity index (χ3v) is 5.86. The zero-order valence-corrected chi connectivity index (χ0v) is 16.6. The number of ether oxygens (including phenoxy) is 1. The molecule has 0 amide bonds. The van der Waals surface area contributed by atoms with Gasteiger partial charge in [0.25, 0.3) is 0 Å². The monoisotopic (exact) mass is 405 g/mol. The van der Waals surface area contributed by atoms with Crippen LogP contribution in [0.25, 0.3) is 10.1 Å². The lowest BCUT2D eigenvalue weighted by Crippen LogP contribution is -2.06. The van der Waals surface area contributed by atoms with Crippen LogP contribution in [0.15, 0.2) is 77.8 Å². The number of aliphatic imine (C=N–C) groups is 1. The van der Waals surface area contributed by atoms with E-state index in [1.165, 1.54) is 16.9 Å². The van der Waals surface area contributed by atoms with Gasteiger partial charge in [-0.2, -0.15) is 0 Å². The van der Waals surface area contributed by atoms with E-state index in [1.54, 1.807) is 18.3 Å². The molecule has 0 saturated carbocycles. The Morgan fingerprint density at radius 2 is 1.71 bits per heavy atom. The number of hydrogen-bond acceptors (Lipinski definition) is 4. The minimum absolute atomic E-state index is 0.410. The van der Waals surface area contributed by atoms with Gasteiger partial charge in [-0.15, -0.1) is 11.3 Å². The van der Waals surface area contributed by atoms with Crippen molar-refractivity contribution in [1.29, 1.82) is 0 Å². The van der Waals surface area contributed by atoms with Gasteiger partial charge in [0.15, 0.2) is 0 Å². The number of fused-ring (bicyclic) bond motifs is 1. The Bertz CT molecular complexity index is 1160. The number of hydrogen-bond donors (Lipinski definition) is 0. The molecule has 5 heteroatoms. The van der Waals surface area contributed by atoms with Crippen LogP contribution in [0.5, 0.6) is 5.75 Å². The average molecular weight is 406 g/mol. The van der Waals surface area contributed by atoms with Crippen molar-refractivity contribution in [3.05, 3.63) is 93.8 Å². The molecule has 3 aromatic carbocycles. The van der Waals surface area contributed by atoms with E-state index >= 15 is 0 Å². The van der Waals surface area contributed by atoms with Crippen LogP contribution in [0.2, 0.25) is 5.02 Å². The molecule has 0 bridgehead atoms. The van der Waals surface area contributed by atoms with Gasteiger partial charge < -0.3 is 4.74 Å². The second kappa shape index (κ2) is 7.97. The fourth-order valence-electron chi connectivity index (χ4n) is 2.70. The Hall–Kier alpha value is -2.95. The van der Waals surface area contributed by atoms with Crippen molar-refractivity contribution in [1.82, 2.24) is 0 Å². The summed E-state index contributed by atoms with van der Waals surface area (Å²) in [5.41, 5.74) is 3.00. The summed E-state index contributed by atoms with van der Waals surface area (Å²) in [6, 6.07) is 22.8. The van der Waals surface area contributed by atoms with Crippen LogP contribution in [0.4, 0.5) is 5.69 Å². The Labute approximate surface area is 171 Å². The van der Waals surface area contributed by atoms with Gasteiger partial charge in [-0.25, -0.2) is 4.79 Å². The van der Waals surface area contributed by atoms with Crippen LogP contribution in [0, 0.1) is 6.92 Å². The molecule has 0 fully saturated rings. The molecular weight excluding hydrogens is 390 g/mol. The topological polar surface area (TPSA) is 38.7 Å². The molecule has 0 saturated heterocycles. The van der Waals surface area contributed by atoms with Gasteiger partial charge in [0.05, 0.1) is 10.7 Å². The van der Waals surface area contributed by atoms with E-state index in [1.807, 2.05) is 67.6 Å². The van der Waals surface area contributed by atoms with Crippen molar-refractivity contribution in [3.63, 3.8) is 0 Å². The number of halogens is 1. The fourth-order valence-corrected chi connectivity index (χ4v) is 4.09. The maximum atomic E-state index is 12.5. The largest absolute Gasteiger partial charge is 0.422 e. The molecule has 4 rings (SSSR count). The van der Waals surface area contributed by atoms with Crippen molar-refractivity contribution in [2.75, 3.05) is 0 Å². The Morgan fingerprint density at radius 3 is 2.43 bits per heavy atom. The van der Waals surface area contributed by atoms with Gasteiger partial charge in [-0.05, 0) is 55.0 Å². The molecule has 28 heavy (non-hydrogen) atoms. The minimum atomic E-state index is -0.452. The molecule has 4 aromatic rings. The van der Waals surface area contributed by atoms with E-state index in [0.29, 0.717) is 15.6 Å². The first-order valence-electron chi connectivity index (χ1n) is 8.70. The highest BCUT2D eigenvalue weighted by atomic mass is 35.5. The maximum Gasteiger partial charge on any atom is 0.355 e. The molecule has 0 atom stereocenters. The number of thiophene rings is 1.